The van der Waals surface area contributed by atoms with Crippen LogP contribution < -0.4 is 4.72 Å². The molecule has 1 aromatic heterocycles. The van der Waals surface area contributed by atoms with Gasteiger partial charge in [-0.1, -0.05) is 0 Å². The molecule has 1 aliphatic rings. The molecule has 0 unspecified atom stereocenters. The lowest BCUT2D eigenvalue weighted by Gasteiger charge is -2.16. The zero-order valence-electron chi connectivity index (χ0n) is 10.5. The third kappa shape index (κ3) is 3.28. The van der Waals surface area contributed by atoms with Crippen LogP contribution in [0.1, 0.15) is 19.0 Å². The zero-order chi connectivity index (χ0) is 15.0. The summed E-state index contributed by atoms with van der Waals surface area (Å²) < 4.78 is 68.7. The number of halogens is 3. The van der Waals surface area contributed by atoms with Crippen molar-refractivity contribution in [1.29, 1.82) is 0 Å². The lowest BCUT2D eigenvalue weighted by Crippen LogP contribution is -2.39. The summed E-state index contributed by atoms with van der Waals surface area (Å²) >= 11 is 0. The number of ether oxygens (including phenoxy) is 1. The lowest BCUT2D eigenvalue weighted by molar-refractivity contribution is -0.141. The van der Waals surface area contributed by atoms with Gasteiger partial charge in [-0.25, -0.2) is 13.1 Å². The SMILES string of the molecule is C[C@@H]1OCC[C@H]1NS(=O)(=O)c1ccc(C(F)(F)F)nc1. The Morgan fingerprint density at radius 1 is 1.40 bits per heavy atom. The molecule has 0 radical (unpaired) electrons. The van der Waals surface area contributed by atoms with Crippen LogP contribution in [0.15, 0.2) is 23.2 Å². The van der Waals surface area contributed by atoms with E-state index in [9.17, 15) is 21.6 Å². The largest absolute Gasteiger partial charge is 0.433 e. The fraction of sp³-hybridized carbons (Fsp3) is 0.545. The van der Waals surface area contributed by atoms with E-state index < -0.39 is 21.9 Å². The predicted octanol–water partition coefficient (Wildman–Crippen LogP) is 1.56. The van der Waals surface area contributed by atoms with Crippen LogP contribution in [0, 0.1) is 0 Å². The first-order chi connectivity index (χ1) is 9.20. The average molecular weight is 310 g/mol. The third-order valence-corrected chi connectivity index (χ3v) is 4.49. The minimum Gasteiger partial charge on any atom is -0.377 e. The van der Waals surface area contributed by atoms with Gasteiger partial charge in [0.2, 0.25) is 10.0 Å². The Kier molecular flexibility index (Phi) is 4.03. The van der Waals surface area contributed by atoms with Crippen LogP contribution in [-0.4, -0.2) is 32.2 Å². The van der Waals surface area contributed by atoms with Gasteiger partial charge in [0.05, 0.1) is 12.1 Å². The normalized spacial score (nSPS) is 24.0. The number of aromatic nitrogens is 1. The number of sulfonamides is 1. The van der Waals surface area contributed by atoms with Gasteiger partial charge < -0.3 is 4.74 Å². The number of nitrogens with zero attached hydrogens (tertiary/aromatic N) is 1. The molecule has 9 heteroatoms. The molecule has 0 saturated carbocycles. The summed E-state index contributed by atoms with van der Waals surface area (Å²) in [6.07, 6.45) is -3.64. The topological polar surface area (TPSA) is 68.3 Å². The van der Waals surface area contributed by atoms with Crippen LogP contribution in [0.25, 0.3) is 0 Å². The summed E-state index contributed by atoms with van der Waals surface area (Å²) in [7, 11) is -3.90. The molecular formula is C11H13F3N2O3S. The smallest absolute Gasteiger partial charge is 0.377 e. The summed E-state index contributed by atoms with van der Waals surface area (Å²) in [5.74, 6) is 0. The van der Waals surface area contributed by atoms with Gasteiger partial charge in [-0.3, -0.25) is 4.98 Å². The second-order valence-corrected chi connectivity index (χ2v) is 6.18. The Hall–Kier alpha value is -1.19. The van der Waals surface area contributed by atoms with E-state index in [0.717, 1.165) is 6.07 Å². The van der Waals surface area contributed by atoms with Crippen molar-refractivity contribution in [2.24, 2.45) is 0 Å². The van der Waals surface area contributed by atoms with Crippen molar-refractivity contribution < 1.29 is 26.3 Å². The van der Waals surface area contributed by atoms with E-state index in [0.29, 0.717) is 25.3 Å². The predicted molar refractivity (Wildman–Crippen MR) is 63.4 cm³/mol. The Morgan fingerprint density at radius 2 is 2.10 bits per heavy atom. The van der Waals surface area contributed by atoms with Crippen LogP contribution in [0.4, 0.5) is 13.2 Å². The average Bonchev–Trinajstić information content (AvgIpc) is 2.73. The van der Waals surface area contributed by atoms with Gasteiger partial charge in [-0.2, -0.15) is 13.2 Å². The number of rotatable bonds is 3. The molecule has 1 aromatic rings. The molecule has 1 aliphatic heterocycles. The van der Waals surface area contributed by atoms with Gasteiger partial charge in [0.15, 0.2) is 0 Å². The molecule has 0 aromatic carbocycles. The summed E-state index contributed by atoms with van der Waals surface area (Å²) in [5, 5.41) is 0. The molecule has 1 N–H and O–H groups in total. The molecule has 112 valence electrons. The molecule has 0 amide bonds. The van der Waals surface area contributed by atoms with E-state index in [-0.39, 0.29) is 17.0 Å². The van der Waals surface area contributed by atoms with E-state index in [2.05, 4.69) is 9.71 Å². The molecule has 1 saturated heterocycles. The number of hydrogen-bond donors (Lipinski definition) is 1. The molecule has 2 heterocycles. The monoisotopic (exact) mass is 310 g/mol. The first-order valence-corrected chi connectivity index (χ1v) is 7.35. The highest BCUT2D eigenvalue weighted by Gasteiger charge is 2.33. The molecule has 0 aliphatic carbocycles. The highest BCUT2D eigenvalue weighted by molar-refractivity contribution is 7.89. The van der Waals surface area contributed by atoms with E-state index in [1.807, 2.05) is 0 Å². The molecule has 2 atom stereocenters. The minimum atomic E-state index is -4.59. The first-order valence-electron chi connectivity index (χ1n) is 5.87. The number of hydrogen-bond acceptors (Lipinski definition) is 4. The fourth-order valence-corrected chi connectivity index (χ4v) is 3.14. The van der Waals surface area contributed by atoms with Crippen LogP contribution in [0.5, 0.6) is 0 Å². The summed E-state index contributed by atoms with van der Waals surface area (Å²) in [6, 6.07) is 1.14. The van der Waals surface area contributed by atoms with Crippen LogP contribution in [-0.2, 0) is 20.9 Å². The number of alkyl halides is 3. The van der Waals surface area contributed by atoms with Gasteiger partial charge in [-0.05, 0) is 25.5 Å². The molecule has 20 heavy (non-hydrogen) atoms. The van der Waals surface area contributed by atoms with Crippen molar-refractivity contribution in [2.45, 2.75) is 36.6 Å². The van der Waals surface area contributed by atoms with Gasteiger partial charge in [-0.15, -0.1) is 0 Å². The second kappa shape index (κ2) is 5.30. The standard InChI is InChI=1S/C11H13F3N2O3S/c1-7-9(4-5-19-7)16-20(17,18)8-2-3-10(15-6-8)11(12,13)14/h2-3,6-7,9,16H,4-5H2,1H3/t7-,9+/m0/s1. The van der Waals surface area contributed by atoms with Crippen molar-refractivity contribution in [3.05, 3.63) is 24.0 Å². The highest BCUT2D eigenvalue weighted by atomic mass is 32.2. The highest BCUT2D eigenvalue weighted by Crippen LogP contribution is 2.27. The van der Waals surface area contributed by atoms with E-state index in [1.54, 1.807) is 6.92 Å². The quantitative estimate of drug-likeness (QED) is 0.920. The minimum absolute atomic E-state index is 0.271. The van der Waals surface area contributed by atoms with Crippen molar-refractivity contribution in [2.75, 3.05) is 6.61 Å². The Bertz CT molecular complexity index is 572. The molecule has 2 rings (SSSR count). The Labute approximate surface area is 114 Å². The van der Waals surface area contributed by atoms with Gasteiger partial charge in [0.25, 0.3) is 0 Å². The van der Waals surface area contributed by atoms with E-state index in [4.69, 9.17) is 4.74 Å². The molecule has 5 nitrogen and oxygen atoms in total. The second-order valence-electron chi connectivity index (χ2n) is 4.47. The fourth-order valence-electron chi connectivity index (χ4n) is 1.86. The molecule has 0 bridgehead atoms. The van der Waals surface area contributed by atoms with Crippen LogP contribution in [0.2, 0.25) is 0 Å². The number of nitrogens with one attached hydrogen (secondary N) is 1. The van der Waals surface area contributed by atoms with Crippen LogP contribution in [0.3, 0.4) is 0 Å². The summed E-state index contributed by atoms with van der Waals surface area (Å²) in [6.45, 7) is 2.17. The molecule has 1 fully saturated rings. The zero-order valence-corrected chi connectivity index (χ0v) is 11.3. The van der Waals surface area contributed by atoms with Crippen molar-refractivity contribution in [3.63, 3.8) is 0 Å². The van der Waals surface area contributed by atoms with E-state index in [1.165, 1.54) is 0 Å². The lowest BCUT2D eigenvalue weighted by atomic mass is 10.2. The van der Waals surface area contributed by atoms with Gasteiger partial charge in [0.1, 0.15) is 10.6 Å². The Morgan fingerprint density at radius 3 is 2.55 bits per heavy atom. The molecular weight excluding hydrogens is 297 g/mol. The summed E-state index contributed by atoms with van der Waals surface area (Å²) in [4.78, 5) is 2.83. The number of pyridine rings is 1. The third-order valence-electron chi connectivity index (χ3n) is 3.02. The van der Waals surface area contributed by atoms with Gasteiger partial charge in [0, 0.05) is 12.8 Å². The summed E-state index contributed by atoms with van der Waals surface area (Å²) in [5.41, 5.74) is -1.13. The Balaban J connectivity index is 2.17. The van der Waals surface area contributed by atoms with Crippen molar-refractivity contribution in [3.8, 4) is 0 Å². The van der Waals surface area contributed by atoms with Crippen LogP contribution >= 0.6 is 0 Å². The van der Waals surface area contributed by atoms with Gasteiger partial charge >= 0.3 is 6.18 Å². The van der Waals surface area contributed by atoms with Crippen molar-refractivity contribution in [1.82, 2.24) is 9.71 Å². The first kappa shape index (κ1) is 15.2. The maximum atomic E-state index is 12.4. The maximum Gasteiger partial charge on any atom is 0.433 e. The van der Waals surface area contributed by atoms with E-state index >= 15 is 0 Å². The maximum absolute atomic E-state index is 12.4. The van der Waals surface area contributed by atoms with Crippen molar-refractivity contribution >= 4 is 10.0 Å². The molecule has 0 spiro atoms.